The third kappa shape index (κ3) is 4.03. The summed E-state index contributed by atoms with van der Waals surface area (Å²) in [4.78, 5) is 15.4. The second-order valence-electron chi connectivity index (χ2n) is 3.35. The monoisotopic (exact) mass is 257 g/mol. The summed E-state index contributed by atoms with van der Waals surface area (Å²) >= 11 is 0. The third-order valence-electron chi connectivity index (χ3n) is 2.04. The van der Waals surface area contributed by atoms with Crippen molar-refractivity contribution < 1.29 is 13.7 Å². The SMILES string of the molecule is COC(=O)c1cc(NCCS(C)=O)ncc1N. The number of nitrogens with one attached hydrogen (secondary N) is 1. The number of methoxy groups -OCH3 is 1. The lowest BCUT2D eigenvalue weighted by Crippen LogP contribution is -2.12. The summed E-state index contributed by atoms with van der Waals surface area (Å²) in [6, 6.07) is 1.51. The lowest BCUT2D eigenvalue weighted by atomic mass is 10.2. The first-order valence-corrected chi connectivity index (χ1v) is 6.65. The lowest BCUT2D eigenvalue weighted by molar-refractivity contribution is 0.0602. The summed E-state index contributed by atoms with van der Waals surface area (Å²) in [5.41, 5.74) is 6.13. The number of nitrogens with two attached hydrogens (primary N) is 1. The van der Waals surface area contributed by atoms with E-state index in [-0.39, 0.29) is 11.3 Å². The molecule has 0 amide bonds. The number of nitrogens with zero attached hydrogens (tertiary/aromatic N) is 1. The van der Waals surface area contributed by atoms with Crippen molar-refractivity contribution in [2.24, 2.45) is 0 Å². The van der Waals surface area contributed by atoms with E-state index in [1.54, 1.807) is 6.26 Å². The van der Waals surface area contributed by atoms with Gasteiger partial charge in [-0.25, -0.2) is 9.78 Å². The summed E-state index contributed by atoms with van der Waals surface area (Å²) in [6.07, 6.45) is 3.01. The highest BCUT2D eigenvalue weighted by Crippen LogP contribution is 2.15. The Hall–Kier alpha value is -1.63. The Morgan fingerprint density at radius 2 is 2.35 bits per heavy atom. The zero-order valence-corrected chi connectivity index (χ0v) is 10.5. The molecule has 1 unspecified atom stereocenters. The number of pyridine rings is 1. The summed E-state index contributed by atoms with van der Waals surface area (Å²) in [7, 11) is 0.421. The van der Waals surface area contributed by atoms with Crippen molar-refractivity contribution in [2.75, 3.05) is 36.7 Å². The molecular formula is C10H15N3O3S. The molecule has 3 N–H and O–H groups in total. The quantitative estimate of drug-likeness (QED) is 0.734. The van der Waals surface area contributed by atoms with Gasteiger partial charge in [-0.2, -0.15) is 0 Å². The van der Waals surface area contributed by atoms with Gasteiger partial charge in [0, 0.05) is 29.4 Å². The van der Waals surface area contributed by atoms with E-state index in [9.17, 15) is 9.00 Å². The van der Waals surface area contributed by atoms with Gasteiger partial charge >= 0.3 is 5.97 Å². The zero-order valence-electron chi connectivity index (χ0n) is 9.73. The van der Waals surface area contributed by atoms with Crippen LogP contribution in [0.2, 0.25) is 0 Å². The number of esters is 1. The minimum Gasteiger partial charge on any atom is -0.465 e. The van der Waals surface area contributed by atoms with E-state index in [1.165, 1.54) is 19.4 Å². The molecule has 0 radical (unpaired) electrons. The van der Waals surface area contributed by atoms with E-state index in [0.717, 1.165) is 0 Å². The molecule has 0 aromatic carbocycles. The Morgan fingerprint density at radius 1 is 1.65 bits per heavy atom. The molecule has 0 aliphatic rings. The molecule has 17 heavy (non-hydrogen) atoms. The highest BCUT2D eigenvalue weighted by molar-refractivity contribution is 7.84. The van der Waals surface area contributed by atoms with Gasteiger partial charge in [0.15, 0.2) is 0 Å². The average Bonchev–Trinajstić information content (AvgIpc) is 2.30. The van der Waals surface area contributed by atoms with Crippen molar-refractivity contribution in [1.29, 1.82) is 0 Å². The minimum absolute atomic E-state index is 0.265. The van der Waals surface area contributed by atoms with Crippen LogP contribution in [0.5, 0.6) is 0 Å². The summed E-state index contributed by atoms with van der Waals surface area (Å²) < 4.78 is 15.5. The highest BCUT2D eigenvalue weighted by Gasteiger charge is 2.11. The van der Waals surface area contributed by atoms with Gasteiger partial charge in [0.2, 0.25) is 0 Å². The molecule has 94 valence electrons. The van der Waals surface area contributed by atoms with Gasteiger partial charge in [-0.3, -0.25) is 4.21 Å². The molecule has 1 atom stereocenters. The maximum absolute atomic E-state index is 11.4. The first kappa shape index (κ1) is 13.4. The Morgan fingerprint density at radius 3 is 2.94 bits per heavy atom. The van der Waals surface area contributed by atoms with Crippen LogP contribution >= 0.6 is 0 Å². The molecule has 0 saturated carbocycles. The van der Waals surface area contributed by atoms with Crippen molar-refractivity contribution >= 4 is 28.3 Å². The maximum atomic E-state index is 11.4. The predicted octanol–water partition coefficient (Wildman–Crippen LogP) is 0.241. The van der Waals surface area contributed by atoms with Gasteiger partial charge in [-0.15, -0.1) is 0 Å². The second kappa shape index (κ2) is 6.19. The van der Waals surface area contributed by atoms with Crippen LogP contribution in [0.4, 0.5) is 11.5 Å². The van der Waals surface area contributed by atoms with Crippen molar-refractivity contribution in [3.63, 3.8) is 0 Å². The van der Waals surface area contributed by atoms with Crippen LogP contribution in [0.25, 0.3) is 0 Å². The molecule has 0 bridgehead atoms. The minimum atomic E-state index is -0.866. The normalized spacial score (nSPS) is 11.9. The number of rotatable bonds is 5. The smallest absolute Gasteiger partial charge is 0.340 e. The lowest BCUT2D eigenvalue weighted by Gasteiger charge is -2.07. The first-order valence-electron chi connectivity index (χ1n) is 4.92. The van der Waals surface area contributed by atoms with Crippen LogP contribution in [0, 0.1) is 0 Å². The van der Waals surface area contributed by atoms with Crippen molar-refractivity contribution in [3.05, 3.63) is 17.8 Å². The van der Waals surface area contributed by atoms with Crippen molar-refractivity contribution in [1.82, 2.24) is 4.98 Å². The largest absolute Gasteiger partial charge is 0.465 e. The molecule has 1 aromatic heterocycles. The van der Waals surface area contributed by atoms with Crippen LogP contribution in [-0.2, 0) is 15.5 Å². The number of anilines is 2. The van der Waals surface area contributed by atoms with E-state index >= 15 is 0 Å². The van der Waals surface area contributed by atoms with Crippen LogP contribution in [0.1, 0.15) is 10.4 Å². The molecule has 0 aliphatic carbocycles. The summed E-state index contributed by atoms with van der Waals surface area (Å²) in [5, 5.41) is 2.96. The molecular weight excluding hydrogens is 242 g/mol. The fraction of sp³-hybridized carbons (Fsp3) is 0.400. The fourth-order valence-corrected chi connectivity index (χ4v) is 1.56. The Bertz CT molecular complexity index is 437. The van der Waals surface area contributed by atoms with Gasteiger partial charge in [0.05, 0.1) is 24.6 Å². The standard InChI is InChI=1S/C10H15N3O3S/c1-16-10(14)7-5-9(13-6-8(7)11)12-3-4-17(2)15/h5-6H,3-4,11H2,1-2H3,(H,12,13). The molecule has 0 fully saturated rings. The molecule has 0 aliphatic heterocycles. The van der Waals surface area contributed by atoms with Crippen LogP contribution in [0.15, 0.2) is 12.3 Å². The fourth-order valence-electron chi connectivity index (χ4n) is 1.17. The molecule has 1 heterocycles. The Kier molecular flexibility index (Phi) is 4.89. The van der Waals surface area contributed by atoms with Crippen LogP contribution < -0.4 is 11.1 Å². The van der Waals surface area contributed by atoms with Crippen molar-refractivity contribution in [2.45, 2.75) is 0 Å². The first-order chi connectivity index (χ1) is 8.04. The zero-order chi connectivity index (χ0) is 12.8. The average molecular weight is 257 g/mol. The number of ether oxygens (including phenoxy) is 1. The number of carbonyl (C=O) groups excluding carboxylic acids is 1. The van der Waals surface area contributed by atoms with E-state index in [1.807, 2.05) is 0 Å². The number of nitrogen functional groups attached to an aromatic ring is 1. The molecule has 0 spiro atoms. The Labute approximate surface area is 102 Å². The number of carbonyl (C=O) groups is 1. The number of aromatic nitrogens is 1. The van der Waals surface area contributed by atoms with Gasteiger partial charge in [-0.05, 0) is 6.07 Å². The maximum Gasteiger partial charge on any atom is 0.340 e. The van der Waals surface area contributed by atoms with E-state index in [4.69, 9.17) is 5.73 Å². The van der Waals surface area contributed by atoms with Gasteiger partial charge < -0.3 is 15.8 Å². The van der Waals surface area contributed by atoms with E-state index < -0.39 is 16.8 Å². The highest BCUT2D eigenvalue weighted by atomic mass is 32.2. The van der Waals surface area contributed by atoms with E-state index in [2.05, 4.69) is 15.0 Å². The van der Waals surface area contributed by atoms with Gasteiger partial charge in [-0.1, -0.05) is 0 Å². The Balaban J connectivity index is 2.75. The van der Waals surface area contributed by atoms with Crippen LogP contribution in [-0.4, -0.2) is 40.8 Å². The predicted molar refractivity (Wildman–Crippen MR) is 67.4 cm³/mol. The third-order valence-corrected chi connectivity index (χ3v) is 2.81. The topological polar surface area (TPSA) is 94.3 Å². The summed E-state index contributed by atoms with van der Waals surface area (Å²) in [5.74, 6) is 0.511. The van der Waals surface area contributed by atoms with Gasteiger partial charge in [0.1, 0.15) is 5.82 Å². The number of hydrogen-bond acceptors (Lipinski definition) is 6. The van der Waals surface area contributed by atoms with Crippen LogP contribution in [0.3, 0.4) is 0 Å². The molecule has 0 saturated heterocycles. The van der Waals surface area contributed by atoms with E-state index in [0.29, 0.717) is 18.1 Å². The second-order valence-corrected chi connectivity index (χ2v) is 4.91. The summed E-state index contributed by atoms with van der Waals surface area (Å²) in [6.45, 7) is 0.515. The van der Waals surface area contributed by atoms with Crippen molar-refractivity contribution in [3.8, 4) is 0 Å². The molecule has 6 nitrogen and oxygen atoms in total. The number of hydrogen-bond donors (Lipinski definition) is 2. The van der Waals surface area contributed by atoms with Gasteiger partial charge in [0.25, 0.3) is 0 Å². The molecule has 1 aromatic rings. The molecule has 1 rings (SSSR count). The molecule has 7 heteroatoms.